The van der Waals surface area contributed by atoms with E-state index in [0.717, 1.165) is 57.1 Å². The van der Waals surface area contributed by atoms with Crippen LogP contribution in [0.3, 0.4) is 0 Å². The molecule has 0 aliphatic carbocycles. The maximum absolute atomic E-state index is 13.1. The molecule has 1 aromatic rings. The molecule has 1 aliphatic heterocycles. The Labute approximate surface area is 118 Å². The average molecular weight is 283 g/mol. The van der Waals surface area contributed by atoms with Crippen molar-refractivity contribution < 1.29 is 18.5 Å². The van der Waals surface area contributed by atoms with Gasteiger partial charge in [-0.2, -0.15) is 0 Å². The van der Waals surface area contributed by atoms with Crippen molar-refractivity contribution in [2.45, 2.75) is 32.2 Å². The van der Waals surface area contributed by atoms with Crippen LogP contribution in [0, 0.1) is 11.6 Å². The molecule has 1 aromatic carbocycles. The van der Waals surface area contributed by atoms with Crippen LogP contribution in [0.5, 0.6) is 0 Å². The molecule has 0 unspecified atom stereocenters. The first-order valence-electron chi connectivity index (χ1n) is 7.19. The van der Waals surface area contributed by atoms with Crippen molar-refractivity contribution in [1.82, 2.24) is 5.32 Å². The summed E-state index contributed by atoms with van der Waals surface area (Å²) in [7, 11) is 0. The van der Waals surface area contributed by atoms with Crippen LogP contribution in [0.25, 0.3) is 0 Å². The number of piperidine rings is 1. The first-order chi connectivity index (χ1) is 9.58. The van der Waals surface area contributed by atoms with Crippen molar-refractivity contribution in [1.29, 1.82) is 0 Å². The zero-order valence-electron chi connectivity index (χ0n) is 11.7. The van der Waals surface area contributed by atoms with E-state index in [1.54, 1.807) is 4.90 Å². The first kappa shape index (κ1) is 14.9. The van der Waals surface area contributed by atoms with Crippen molar-refractivity contribution in [2.24, 2.45) is 0 Å². The number of benzene rings is 1. The predicted molar refractivity (Wildman–Crippen MR) is 72.7 cm³/mol. The van der Waals surface area contributed by atoms with E-state index in [1.165, 1.54) is 0 Å². The van der Waals surface area contributed by atoms with Gasteiger partial charge in [0.05, 0.1) is 19.6 Å². The Bertz CT molecular complexity index is 451. The van der Waals surface area contributed by atoms with Crippen molar-refractivity contribution in [3.8, 4) is 0 Å². The standard InChI is InChI=1S/C15H20F2N2O/c1-2-5-19-6-3-14(4-7-19)18-15(20)11-8-12(16)10-13(17)9-11/h8-10,14H,2-7H2,1H3,(H,18,20)/p+1. The molecular formula is C15H21F2N2O+. The molecule has 0 aromatic heterocycles. The van der Waals surface area contributed by atoms with Crippen LogP contribution in [-0.2, 0) is 0 Å². The number of hydrogen-bond acceptors (Lipinski definition) is 1. The van der Waals surface area contributed by atoms with Gasteiger partial charge in [0.15, 0.2) is 0 Å². The van der Waals surface area contributed by atoms with Gasteiger partial charge in [-0.05, 0) is 18.6 Å². The summed E-state index contributed by atoms with van der Waals surface area (Å²) in [4.78, 5) is 13.5. The summed E-state index contributed by atoms with van der Waals surface area (Å²) in [5.74, 6) is -1.85. The fourth-order valence-corrected chi connectivity index (χ4v) is 2.73. The number of hydrogen-bond donors (Lipinski definition) is 2. The van der Waals surface area contributed by atoms with Gasteiger partial charge < -0.3 is 10.2 Å². The molecule has 3 nitrogen and oxygen atoms in total. The summed E-state index contributed by atoms with van der Waals surface area (Å²) in [5, 5.41) is 2.87. The monoisotopic (exact) mass is 283 g/mol. The smallest absolute Gasteiger partial charge is 0.251 e. The normalized spacial score (nSPS) is 22.6. The second-order valence-corrected chi connectivity index (χ2v) is 5.41. The van der Waals surface area contributed by atoms with Crippen molar-refractivity contribution in [2.75, 3.05) is 19.6 Å². The number of carbonyl (C=O) groups excluding carboxylic acids is 1. The minimum atomic E-state index is -0.725. The van der Waals surface area contributed by atoms with E-state index in [1.807, 2.05) is 0 Å². The highest BCUT2D eigenvalue weighted by Crippen LogP contribution is 2.09. The molecule has 2 N–H and O–H groups in total. The Morgan fingerprint density at radius 2 is 1.85 bits per heavy atom. The molecule has 0 spiro atoms. The van der Waals surface area contributed by atoms with Crippen molar-refractivity contribution >= 4 is 5.91 Å². The third-order valence-electron chi connectivity index (χ3n) is 3.76. The van der Waals surface area contributed by atoms with E-state index in [9.17, 15) is 13.6 Å². The van der Waals surface area contributed by atoms with Crippen LogP contribution in [0.15, 0.2) is 18.2 Å². The number of quaternary nitrogens is 1. The Kier molecular flexibility index (Phi) is 5.06. The molecule has 1 amide bonds. The second kappa shape index (κ2) is 6.79. The first-order valence-corrected chi connectivity index (χ1v) is 7.19. The number of amides is 1. The highest BCUT2D eigenvalue weighted by atomic mass is 19.1. The number of carbonyl (C=O) groups is 1. The largest absolute Gasteiger partial charge is 0.349 e. The minimum Gasteiger partial charge on any atom is -0.349 e. The van der Waals surface area contributed by atoms with Crippen LogP contribution in [-0.4, -0.2) is 31.6 Å². The molecule has 1 heterocycles. The molecule has 0 saturated carbocycles. The average Bonchev–Trinajstić information content (AvgIpc) is 2.40. The number of nitrogens with one attached hydrogen (secondary N) is 2. The maximum Gasteiger partial charge on any atom is 0.251 e. The van der Waals surface area contributed by atoms with Gasteiger partial charge in [-0.3, -0.25) is 4.79 Å². The van der Waals surface area contributed by atoms with Crippen LogP contribution in [0.1, 0.15) is 36.5 Å². The van der Waals surface area contributed by atoms with E-state index < -0.39 is 17.5 Å². The molecule has 0 radical (unpaired) electrons. The lowest BCUT2D eigenvalue weighted by Gasteiger charge is -2.29. The summed E-state index contributed by atoms with van der Waals surface area (Å²) in [5.41, 5.74) is 0.0471. The lowest BCUT2D eigenvalue weighted by Crippen LogP contribution is -3.13. The lowest BCUT2D eigenvalue weighted by atomic mass is 10.0. The topological polar surface area (TPSA) is 33.5 Å². The Morgan fingerprint density at radius 3 is 2.40 bits per heavy atom. The minimum absolute atomic E-state index is 0.0471. The molecule has 2 rings (SSSR count). The van der Waals surface area contributed by atoms with Crippen LogP contribution < -0.4 is 10.2 Å². The van der Waals surface area contributed by atoms with Crippen molar-refractivity contribution in [3.05, 3.63) is 35.4 Å². The maximum atomic E-state index is 13.1. The molecule has 1 fully saturated rings. The quantitative estimate of drug-likeness (QED) is 0.854. The third-order valence-corrected chi connectivity index (χ3v) is 3.76. The number of halogens is 2. The Hall–Kier alpha value is -1.49. The second-order valence-electron chi connectivity index (χ2n) is 5.41. The number of rotatable bonds is 4. The molecule has 5 heteroatoms. The van der Waals surface area contributed by atoms with Gasteiger partial charge in [0, 0.05) is 30.5 Å². The zero-order valence-corrected chi connectivity index (χ0v) is 11.7. The molecule has 0 bridgehead atoms. The van der Waals surface area contributed by atoms with Crippen LogP contribution in [0.2, 0.25) is 0 Å². The van der Waals surface area contributed by atoms with E-state index >= 15 is 0 Å². The Morgan fingerprint density at radius 1 is 1.25 bits per heavy atom. The predicted octanol–water partition coefficient (Wildman–Crippen LogP) is 1.15. The van der Waals surface area contributed by atoms with Gasteiger partial charge in [-0.1, -0.05) is 6.92 Å². The van der Waals surface area contributed by atoms with E-state index in [4.69, 9.17) is 0 Å². The van der Waals surface area contributed by atoms with E-state index in [2.05, 4.69) is 12.2 Å². The van der Waals surface area contributed by atoms with Crippen LogP contribution in [0.4, 0.5) is 8.78 Å². The zero-order chi connectivity index (χ0) is 14.5. The molecular weight excluding hydrogens is 262 g/mol. The summed E-state index contributed by atoms with van der Waals surface area (Å²) < 4.78 is 26.2. The van der Waals surface area contributed by atoms with Crippen molar-refractivity contribution in [3.63, 3.8) is 0 Å². The van der Waals surface area contributed by atoms with Gasteiger partial charge >= 0.3 is 0 Å². The van der Waals surface area contributed by atoms with Gasteiger partial charge in [0.1, 0.15) is 11.6 Å². The van der Waals surface area contributed by atoms with Gasteiger partial charge in [0.2, 0.25) is 0 Å². The molecule has 20 heavy (non-hydrogen) atoms. The van der Waals surface area contributed by atoms with Gasteiger partial charge in [-0.15, -0.1) is 0 Å². The van der Waals surface area contributed by atoms with Gasteiger partial charge in [0.25, 0.3) is 5.91 Å². The highest BCUT2D eigenvalue weighted by molar-refractivity contribution is 5.94. The van der Waals surface area contributed by atoms with Gasteiger partial charge in [-0.25, -0.2) is 8.78 Å². The number of likely N-dealkylation sites (tertiary alicyclic amines) is 1. The summed E-state index contributed by atoms with van der Waals surface area (Å²) in [6, 6.07) is 3.00. The molecule has 110 valence electrons. The summed E-state index contributed by atoms with van der Waals surface area (Å²) in [6.45, 7) is 5.40. The van der Waals surface area contributed by atoms with Crippen LogP contribution >= 0.6 is 0 Å². The summed E-state index contributed by atoms with van der Waals surface area (Å²) in [6.07, 6.45) is 2.99. The van der Waals surface area contributed by atoms with E-state index in [0.29, 0.717) is 0 Å². The fraction of sp³-hybridized carbons (Fsp3) is 0.533. The highest BCUT2D eigenvalue weighted by Gasteiger charge is 2.23. The fourth-order valence-electron chi connectivity index (χ4n) is 2.73. The lowest BCUT2D eigenvalue weighted by molar-refractivity contribution is -0.905. The third kappa shape index (κ3) is 4.00. The SMILES string of the molecule is CCC[NH+]1CCC(NC(=O)c2cc(F)cc(F)c2)CC1. The molecule has 0 atom stereocenters. The molecule has 1 aliphatic rings. The van der Waals surface area contributed by atoms with E-state index in [-0.39, 0.29) is 11.6 Å². The molecule has 1 saturated heterocycles. The summed E-state index contributed by atoms with van der Waals surface area (Å²) >= 11 is 0. The Balaban J connectivity index is 1.89.